The number of hydrogen-bond acceptors (Lipinski definition) is 6. The second kappa shape index (κ2) is 11.9. The van der Waals surface area contributed by atoms with Gasteiger partial charge in [0, 0.05) is 51.3 Å². The molecule has 48 heavy (non-hydrogen) atoms. The highest BCUT2D eigenvalue weighted by atomic mass is 16.5. The van der Waals surface area contributed by atoms with E-state index in [1.54, 1.807) is 0 Å². The minimum atomic E-state index is -0.149. The molecule has 0 aliphatic heterocycles. The molecule has 5 aromatic carbocycles. The first-order valence-corrected chi connectivity index (χ1v) is 16.0. The molecule has 7 heteroatoms. The van der Waals surface area contributed by atoms with Crippen molar-refractivity contribution in [2.24, 2.45) is 0 Å². The molecule has 0 saturated carbocycles. The number of pyridine rings is 1. The number of nitrogens with zero attached hydrogens (tertiary/aromatic N) is 4. The van der Waals surface area contributed by atoms with Gasteiger partial charge in [-0.1, -0.05) is 87.5 Å². The SMILES string of the molecule is CC(C)(C)c1cnc(Nc2cccc(Oc3ccc4c5ccccc5n(-c5cc6ccccc6cn5)c4c3)c2)c(Nc2ccccc2)n1. The van der Waals surface area contributed by atoms with E-state index in [1.165, 1.54) is 5.39 Å². The fourth-order valence-corrected chi connectivity index (χ4v) is 5.95. The van der Waals surface area contributed by atoms with Crippen LogP contribution in [0.3, 0.4) is 0 Å². The van der Waals surface area contributed by atoms with Crippen LogP contribution >= 0.6 is 0 Å². The molecule has 0 saturated heterocycles. The number of anilines is 4. The van der Waals surface area contributed by atoms with Crippen LogP contribution in [0, 0.1) is 0 Å². The Kier molecular flexibility index (Phi) is 7.22. The van der Waals surface area contributed by atoms with Gasteiger partial charge in [-0.3, -0.25) is 4.57 Å². The predicted octanol–water partition coefficient (Wildman–Crippen LogP) is 10.7. The van der Waals surface area contributed by atoms with Gasteiger partial charge >= 0.3 is 0 Å². The van der Waals surface area contributed by atoms with Crippen molar-refractivity contribution in [3.05, 3.63) is 145 Å². The highest BCUT2D eigenvalue weighted by Gasteiger charge is 2.19. The summed E-state index contributed by atoms with van der Waals surface area (Å²) >= 11 is 0. The molecule has 234 valence electrons. The van der Waals surface area contributed by atoms with Crippen molar-refractivity contribution in [1.29, 1.82) is 0 Å². The Morgan fingerprint density at radius 2 is 1.27 bits per heavy atom. The summed E-state index contributed by atoms with van der Waals surface area (Å²) in [7, 11) is 0. The number of ether oxygens (including phenoxy) is 1. The Hall–Kier alpha value is -6.21. The number of benzene rings is 5. The minimum absolute atomic E-state index is 0.149. The van der Waals surface area contributed by atoms with Gasteiger partial charge in [0.1, 0.15) is 17.3 Å². The molecule has 0 bridgehead atoms. The van der Waals surface area contributed by atoms with Crippen molar-refractivity contribution in [3.63, 3.8) is 0 Å². The molecule has 7 nitrogen and oxygen atoms in total. The average Bonchev–Trinajstić information content (AvgIpc) is 3.42. The van der Waals surface area contributed by atoms with Crippen LogP contribution in [0.25, 0.3) is 38.4 Å². The van der Waals surface area contributed by atoms with Gasteiger partial charge in [0.25, 0.3) is 0 Å². The summed E-state index contributed by atoms with van der Waals surface area (Å²) < 4.78 is 8.70. The first-order chi connectivity index (χ1) is 23.4. The summed E-state index contributed by atoms with van der Waals surface area (Å²) in [4.78, 5) is 14.6. The van der Waals surface area contributed by atoms with E-state index in [0.717, 1.165) is 55.8 Å². The van der Waals surface area contributed by atoms with Crippen LogP contribution in [0.15, 0.2) is 140 Å². The van der Waals surface area contributed by atoms with Crippen LogP contribution in [-0.2, 0) is 5.41 Å². The summed E-state index contributed by atoms with van der Waals surface area (Å²) in [6.45, 7) is 6.39. The number of rotatable bonds is 7. The Balaban J connectivity index is 1.13. The number of fused-ring (bicyclic) bond motifs is 4. The van der Waals surface area contributed by atoms with Gasteiger partial charge in [0.2, 0.25) is 0 Å². The molecule has 2 N–H and O–H groups in total. The summed E-state index contributed by atoms with van der Waals surface area (Å²) in [6.07, 6.45) is 3.77. The van der Waals surface area contributed by atoms with Crippen molar-refractivity contribution in [3.8, 4) is 17.3 Å². The van der Waals surface area contributed by atoms with E-state index in [9.17, 15) is 0 Å². The van der Waals surface area contributed by atoms with Crippen molar-refractivity contribution >= 4 is 55.6 Å². The van der Waals surface area contributed by atoms with Crippen LogP contribution in [-0.4, -0.2) is 19.5 Å². The molecule has 0 fully saturated rings. The second-order valence-electron chi connectivity index (χ2n) is 12.9. The molecular weight excluding hydrogens is 592 g/mol. The van der Waals surface area contributed by atoms with E-state index in [0.29, 0.717) is 17.4 Å². The number of hydrogen-bond donors (Lipinski definition) is 2. The lowest BCUT2D eigenvalue weighted by molar-refractivity contribution is 0.483. The molecule has 8 rings (SSSR count). The van der Waals surface area contributed by atoms with Gasteiger partial charge < -0.3 is 15.4 Å². The first kappa shape index (κ1) is 29.2. The van der Waals surface area contributed by atoms with E-state index in [4.69, 9.17) is 19.7 Å². The molecule has 8 aromatic rings. The standard InChI is InChI=1S/C41H34N6O/c1-41(2,3)37-26-43-39(40(46-37)44-29-14-5-4-6-15-29)45-30-16-11-17-31(23-30)48-32-20-21-34-33-18-9-10-19-35(33)47(36(34)24-32)38-22-27-12-7-8-13-28(27)25-42-38/h4-26H,1-3H3,(H,43,45)(H,44,46). The monoisotopic (exact) mass is 626 g/mol. The van der Waals surface area contributed by atoms with Crippen molar-refractivity contribution in [2.75, 3.05) is 10.6 Å². The minimum Gasteiger partial charge on any atom is -0.457 e. The maximum atomic E-state index is 6.49. The van der Waals surface area contributed by atoms with Gasteiger partial charge in [0.15, 0.2) is 11.6 Å². The molecule has 0 spiro atoms. The smallest absolute Gasteiger partial charge is 0.174 e. The molecule has 0 radical (unpaired) electrons. The first-order valence-electron chi connectivity index (χ1n) is 16.0. The zero-order chi connectivity index (χ0) is 32.7. The van der Waals surface area contributed by atoms with Crippen LogP contribution in [0.1, 0.15) is 26.5 Å². The summed E-state index contributed by atoms with van der Waals surface area (Å²) in [5.41, 5.74) is 4.63. The van der Waals surface area contributed by atoms with Gasteiger partial charge in [0.05, 0.1) is 22.9 Å². The van der Waals surface area contributed by atoms with Gasteiger partial charge in [-0.15, -0.1) is 0 Å². The summed E-state index contributed by atoms with van der Waals surface area (Å²) in [6, 6.07) is 43.0. The maximum Gasteiger partial charge on any atom is 0.174 e. The molecule has 0 atom stereocenters. The second-order valence-corrected chi connectivity index (χ2v) is 12.9. The van der Waals surface area contributed by atoms with E-state index >= 15 is 0 Å². The van der Waals surface area contributed by atoms with Gasteiger partial charge in [-0.2, -0.15) is 0 Å². The number of nitrogens with one attached hydrogen (secondary N) is 2. The average molecular weight is 627 g/mol. The van der Waals surface area contributed by atoms with Crippen molar-refractivity contribution in [2.45, 2.75) is 26.2 Å². The van der Waals surface area contributed by atoms with Crippen LogP contribution < -0.4 is 15.4 Å². The molecule has 0 aliphatic carbocycles. The van der Waals surface area contributed by atoms with Gasteiger partial charge in [-0.05, 0) is 53.9 Å². The quantitative estimate of drug-likeness (QED) is 0.183. The summed E-state index contributed by atoms with van der Waals surface area (Å²) in [5, 5.41) is 11.5. The maximum absolute atomic E-state index is 6.49. The van der Waals surface area contributed by atoms with E-state index in [2.05, 4.69) is 96.6 Å². The van der Waals surface area contributed by atoms with Crippen LogP contribution in [0.4, 0.5) is 23.0 Å². The third-order valence-electron chi connectivity index (χ3n) is 8.40. The fourth-order valence-electron chi connectivity index (χ4n) is 5.95. The van der Waals surface area contributed by atoms with E-state index in [-0.39, 0.29) is 5.41 Å². The predicted molar refractivity (Wildman–Crippen MR) is 196 cm³/mol. The highest BCUT2D eigenvalue weighted by molar-refractivity contribution is 6.09. The summed E-state index contributed by atoms with van der Waals surface area (Å²) in [5.74, 6) is 3.56. The fraction of sp³-hybridized carbons (Fsp3) is 0.0976. The van der Waals surface area contributed by atoms with E-state index in [1.807, 2.05) is 79.1 Å². The molecule has 0 unspecified atom stereocenters. The van der Waals surface area contributed by atoms with Gasteiger partial charge in [-0.25, -0.2) is 15.0 Å². The molecule has 3 heterocycles. The largest absolute Gasteiger partial charge is 0.457 e. The Morgan fingerprint density at radius 3 is 2.12 bits per heavy atom. The normalized spacial score (nSPS) is 11.6. The van der Waals surface area contributed by atoms with Crippen LogP contribution in [0.5, 0.6) is 11.5 Å². The topological polar surface area (TPSA) is 76.9 Å². The van der Waals surface area contributed by atoms with Crippen molar-refractivity contribution in [1.82, 2.24) is 19.5 Å². The third kappa shape index (κ3) is 5.67. The molecule has 3 aromatic heterocycles. The third-order valence-corrected chi connectivity index (χ3v) is 8.40. The number of aromatic nitrogens is 4. The lowest BCUT2D eigenvalue weighted by atomic mass is 9.93. The number of para-hydroxylation sites is 2. The lowest BCUT2D eigenvalue weighted by Gasteiger charge is -2.20. The highest BCUT2D eigenvalue weighted by Crippen LogP contribution is 2.36. The van der Waals surface area contributed by atoms with E-state index < -0.39 is 0 Å². The zero-order valence-corrected chi connectivity index (χ0v) is 27.0. The Bertz CT molecular complexity index is 2430. The van der Waals surface area contributed by atoms with Crippen molar-refractivity contribution < 1.29 is 4.74 Å². The Labute approximate surface area is 278 Å². The Morgan fingerprint density at radius 1 is 0.562 bits per heavy atom. The molecular formula is C41H34N6O. The zero-order valence-electron chi connectivity index (χ0n) is 27.0. The lowest BCUT2D eigenvalue weighted by Crippen LogP contribution is -2.16. The van der Waals surface area contributed by atoms with Crippen LogP contribution in [0.2, 0.25) is 0 Å². The molecule has 0 amide bonds. The molecule has 0 aliphatic rings.